The molecule has 0 saturated carbocycles. The monoisotopic (exact) mass is 743 g/mol. The number of rotatable bonds is 21. The molecule has 1 aliphatic heterocycles. The first-order chi connectivity index (χ1) is 24.9. The molecule has 8 unspecified atom stereocenters. The third-order valence-corrected chi connectivity index (χ3v) is 10.6. The van der Waals surface area contributed by atoms with Gasteiger partial charge in [0, 0.05) is 34.2 Å². The highest BCUT2D eigenvalue weighted by Crippen LogP contribution is 2.31. The molecule has 1 saturated heterocycles. The summed E-state index contributed by atoms with van der Waals surface area (Å²) in [4.78, 5) is 70.4. The number of amides is 4. The minimum Gasteiger partial charge on any atom is -0.480 e. The van der Waals surface area contributed by atoms with Crippen LogP contribution in [-0.4, -0.2) is 122 Å². The first-order valence-corrected chi connectivity index (χ1v) is 18.8. The van der Waals surface area contributed by atoms with Crippen molar-refractivity contribution in [2.24, 2.45) is 23.7 Å². The van der Waals surface area contributed by atoms with E-state index in [4.69, 9.17) is 9.47 Å². The molecule has 1 aromatic carbocycles. The van der Waals surface area contributed by atoms with Crippen LogP contribution in [0.5, 0.6) is 0 Å². The van der Waals surface area contributed by atoms with E-state index in [0.717, 1.165) is 11.1 Å². The van der Waals surface area contributed by atoms with Gasteiger partial charge in [0.15, 0.2) is 0 Å². The van der Waals surface area contributed by atoms with Gasteiger partial charge in [-0.15, -0.1) is 0 Å². The van der Waals surface area contributed by atoms with Crippen molar-refractivity contribution in [3.8, 4) is 0 Å². The van der Waals surface area contributed by atoms with Crippen molar-refractivity contribution < 1.29 is 38.6 Å². The predicted octanol–water partition coefficient (Wildman–Crippen LogP) is 3.27. The molecule has 1 aromatic rings. The molecule has 0 bridgehead atoms. The maximum atomic E-state index is 14.2. The summed E-state index contributed by atoms with van der Waals surface area (Å²) in [6.07, 6.45) is -0.297. The van der Waals surface area contributed by atoms with Gasteiger partial charge in [-0.2, -0.15) is 0 Å². The largest absolute Gasteiger partial charge is 0.480 e. The molecule has 0 aliphatic carbocycles. The summed E-state index contributed by atoms with van der Waals surface area (Å²) in [6, 6.07) is 5.60. The lowest BCUT2D eigenvalue weighted by Crippen LogP contribution is -2.59. The fourth-order valence-electron chi connectivity index (χ4n) is 7.35. The van der Waals surface area contributed by atoms with E-state index in [1.165, 1.54) is 14.2 Å². The Kier molecular flexibility index (Phi) is 18.1. The predicted molar refractivity (Wildman–Crippen MR) is 205 cm³/mol. The molecule has 13 nitrogen and oxygen atoms in total. The van der Waals surface area contributed by atoms with Crippen molar-refractivity contribution in [2.45, 2.75) is 117 Å². The summed E-state index contributed by atoms with van der Waals surface area (Å²) in [5, 5.41) is 18.6. The second-order valence-corrected chi connectivity index (χ2v) is 15.2. The van der Waals surface area contributed by atoms with Gasteiger partial charge in [0.05, 0.1) is 42.7 Å². The van der Waals surface area contributed by atoms with Crippen LogP contribution in [-0.2, 0) is 39.9 Å². The van der Waals surface area contributed by atoms with Crippen LogP contribution in [0, 0.1) is 23.7 Å². The molecule has 9 atom stereocenters. The molecule has 13 heteroatoms. The molecule has 0 aromatic heterocycles. The highest BCUT2D eigenvalue weighted by molar-refractivity contribution is 5.90. The fraction of sp³-hybridized carbons (Fsp3) is 0.675. The lowest BCUT2D eigenvalue weighted by atomic mass is 9.89. The molecule has 1 aliphatic rings. The van der Waals surface area contributed by atoms with E-state index in [2.05, 4.69) is 22.5 Å². The number of aliphatic carboxylic acids is 1. The first kappa shape index (κ1) is 45.3. The van der Waals surface area contributed by atoms with Crippen molar-refractivity contribution in [3.63, 3.8) is 0 Å². The molecule has 53 heavy (non-hydrogen) atoms. The van der Waals surface area contributed by atoms with Crippen LogP contribution in [0.25, 0.3) is 0 Å². The van der Waals surface area contributed by atoms with E-state index in [1.807, 2.05) is 59.7 Å². The van der Waals surface area contributed by atoms with Crippen LogP contribution in [0.2, 0.25) is 0 Å². The maximum Gasteiger partial charge on any atom is 0.326 e. The number of likely N-dealkylation sites (tertiary alicyclic amines) is 1. The number of hydrogen-bond acceptors (Lipinski definition) is 8. The summed E-state index contributed by atoms with van der Waals surface area (Å²) >= 11 is 0. The average Bonchev–Trinajstić information content (AvgIpc) is 3.50. The molecular formula is C40H65N5O8. The Bertz CT molecular complexity index is 1390. The Hall–Kier alpha value is -3.81. The van der Waals surface area contributed by atoms with Crippen LogP contribution in [0.4, 0.5) is 0 Å². The molecule has 298 valence electrons. The molecular weight excluding hydrogens is 678 g/mol. The minimum absolute atomic E-state index is 0.0132. The van der Waals surface area contributed by atoms with E-state index >= 15 is 0 Å². The zero-order valence-electron chi connectivity index (χ0n) is 33.7. The number of benzene rings is 1. The molecule has 4 N–H and O–H groups in total. The second kappa shape index (κ2) is 21.2. The third-order valence-electron chi connectivity index (χ3n) is 10.6. The van der Waals surface area contributed by atoms with E-state index in [0.29, 0.717) is 12.8 Å². The van der Waals surface area contributed by atoms with Gasteiger partial charge in [-0.05, 0) is 36.8 Å². The number of carbonyl (C=O) groups excluding carboxylic acids is 4. The number of carbonyl (C=O) groups is 5. The van der Waals surface area contributed by atoms with Crippen molar-refractivity contribution >= 4 is 29.6 Å². The lowest BCUT2D eigenvalue weighted by Gasteiger charge is -2.41. The van der Waals surface area contributed by atoms with Crippen molar-refractivity contribution in [2.75, 3.05) is 34.9 Å². The Morgan fingerprint density at radius 1 is 0.943 bits per heavy atom. The topological polar surface area (TPSA) is 167 Å². The summed E-state index contributed by atoms with van der Waals surface area (Å²) in [6.45, 7) is 17.7. The summed E-state index contributed by atoms with van der Waals surface area (Å²) in [7, 11) is 6.40. The third kappa shape index (κ3) is 12.1. The van der Waals surface area contributed by atoms with Gasteiger partial charge >= 0.3 is 5.97 Å². The summed E-state index contributed by atoms with van der Waals surface area (Å²) in [5.41, 5.74) is 1.57. The van der Waals surface area contributed by atoms with Crippen LogP contribution in [0.15, 0.2) is 42.5 Å². The van der Waals surface area contributed by atoms with Gasteiger partial charge in [0.2, 0.25) is 23.6 Å². The van der Waals surface area contributed by atoms with Gasteiger partial charge in [-0.3, -0.25) is 19.2 Å². The maximum absolute atomic E-state index is 14.2. The number of carboxylic acids is 1. The summed E-state index contributed by atoms with van der Waals surface area (Å²) in [5.74, 6) is -3.50. The number of carboxylic acid groups (broad SMARTS) is 1. The van der Waals surface area contributed by atoms with Crippen molar-refractivity contribution in [1.29, 1.82) is 0 Å². The van der Waals surface area contributed by atoms with Gasteiger partial charge in [-0.25, -0.2) is 4.79 Å². The Morgan fingerprint density at radius 3 is 2.04 bits per heavy atom. The SMILES string of the molecule is C=C1C[C@@H](C(OC)C(C)C(=O)NC(Cc2ccccc2)C(=O)O)N(C(=O)CC(OC)C(C(C)CC)N(C)C(=O)C(NC(=O)C(NC)C(C)C)C(C)C)C1. The molecule has 2 rings (SSSR count). The van der Waals surface area contributed by atoms with Crippen LogP contribution < -0.4 is 16.0 Å². The zero-order valence-corrected chi connectivity index (χ0v) is 33.7. The van der Waals surface area contributed by atoms with Gasteiger partial charge in [0.25, 0.3) is 0 Å². The highest BCUT2D eigenvalue weighted by Gasteiger charge is 2.44. The zero-order chi connectivity index (χ0) is 40.2. The highest BCUT2D eigenvalue weighted by atomic mass is 16.5. The molecule has 1 heterocycles. The number of methoxy groups -OCH3 is 2. The Balaban J connectivity index is 2.31. The number of nitrogens with zero attached hydrogens (tertiary/aromatic N) is 2. The van der Waals surface area contributed by atoms with Crippen molar-refractivity contribution in [3.05, 3.63) is 48.0 Å². The van der Waals surface area contributed by atoms with Crippen LogP contribution in [0.1, 0.15) is 73.3 Å². The van der Waals surface area contributed by atoms with Gasteiger partial charge in [-0.1, -0.05) is 97.4 Å². The number of nitrogens with one attached hydrogen (secondary N) is 3. The number of likely N-dealkylation sites (N-methyl/N-ethyl adjacent to an activating group) is 2. The molecule has 0 spiro atoms. The standard InChI is InChI=1S/C40H65N5O8/c1-13-26(7)35(44(10)39(49)34(24(4)5)43-38(48)33(41-9)23(2)3)31(52-11)21-32(46)45-22-25(6)19-30(45)36(53-12)27(8)37(47)42-29(40(50)51)20-28-17-15-14-16-18-28/h14-18,23-24,26-27,29-31,33-36,41H,6,13,19-22H2,1-5,7-12H3,(H,42,47)(H,43,48)(H,50,51)/t26?,27?,29?,30-,31?,33?,34?,35?,36?/m0/s1. The van der Waals surface area contributed by atoms with E-state index in [9.17, 15) is 29.1 Å². The number of ether oxygens (including phenoxy) is 2. The van der Waals surface area contributed by atoms with Crippen molar-refractivity contribution in [1.82, 2.24) is 25.8 Å². The van der Waals surface area contributed by atoms with Gasteiger partial charge in [0.1, 0.15) is 12.1 Å². The normalized spacial score (nSPS) is 19.2. The average molecular weight is 744 g/mol. The Labute approximate surface area is 316 Å². The fourth-order valence-corrected chi connectivity index (χ4v) is 7.35. The lowest BCUT2D eigenvalue weighted by molar-refractivity contribution is -0.148. The summed E-state index contributed by atoms with van der Waals surface area (Å²) < 4.78 is 11.8. The van der Waals surface area contributed by atoms with Crippen LogP contribution in [0.3, 0.4) is 0 Å². The molecule has 4 amide bonds. The quantitative estimate of drug-likeness (QED) is 0.138. The number of hydrogen-bond donors (Lipinski definition) is 4. The van der Waals surface area contributed by atoms with Crippen LogP contribution >= 0.6 is 0 Å². The minimum atomic E-state index is -1.15. The first-order valence-electron chi connectivity index (χ1n) is 18.8. The molecule has 1 fully saturated rings. The molecule has 0 radical (unpaired) electrons. The van der Waals surface area contributed by atoms with E-state index in [-0.39, 0.29) is 54.9 Å². The Morgan fingerprint density at radius 2 is 1.55 bits per heavy atom. The smallest absolute Gasteiger partial charge is 0.326 e. The van der Waals surface area contributed by atoms with Gasteiger partial charge < -0.3 is 40.3 Å². The second-order valence-electron chi connectivity index (χ2n) is 15.2. The van der Waals surface area contributed by atoms with E-state index in [1.54, 1.807) is 43.0 Å². The van der Waals surface area contributed by atoms with E-state index < -0.39 is 60.2 Å².